The number of pyridine rings is 2. The lowest BCUT2D eigenvalue weighted by molar-refractivity contribution is -0.139. The number of ether oxygens (including phenoxy) is 2. The van der Waals surface area contributed by atoms with Gasteiger partial charge in [-0.3, -0.25) is 19.6 Å². The number of carbonyl (C=O) groups is 5. The number of carboxylic acid groups (broad SMARTS) is 1. The lowest BCUT2D eigenvalue weighted by Gasteiger charge is -2.26. The fourth-order valence-corrected chi connectivity index (χ4v) is 6.98. The molecule has 0 spiro atoms. The summed E-state index contributed by atoms with van der Waals surface area (Å²) in [6.07, 6.45) is 18.5. The third-order valence-electron chi connectivity index (χ3n) is 10.1. The van der Waals surface area contributed by atoms with Gasteiger partial charge in [0, 0.05) is 63.8 Å². The molecule has 1 aromatic carbocycles. The van der Waals surface area contributed by atoms with Crippen molar-refractivity contribution in [1.29, 1.82) is 0 Å². The van der Waals surface area contributed by atoms with Crippen LogP contribution in [0.5, 0.6) is 0 Å². The molecule has 2 saturated heterocycles. The molecule has 5 N–H and O–H groups in total. The molecule has 2 aromatic heterocycles. The van der Waals surface area contributed by atoms with E-state index in [1.165, 1.54) is 32.1 Å². The standard InChI is InChI=1S/C17H25N3O3.C14H19NO4.C12H17N3O.C5H10/c1-17(2,3)23-16(22)19-14(12-13-6-8-18-9-7-13)15(21)20-10-4-5-11-20;1-14(2,3)19-13(18)15-11(12(16)17)9-10-7-5-4-6-8-10;13-11(9-10-3-5-14-6-4-10)12(16)15-7-1-2-8-15;1-2-4-5-3-1/h6-9,14H,4-5,10-12H2,1-3H3,(H,19,22);4-8,11H,9H2,1-3H3,(H,15,18)(H,16,17);3-6,11H,1-2,7-9,13H2;1-5H2/t14-;2*11-;/m111./s1. The van der Waals surface area contributed by atoms with E-state index in [9.17, 15) is 24.0 Å². The number of amides is 4. The van der Waals surface area contributed by atoms with E-state index in [0.717, 1.165) is 68.6 Å². The Morgan fingerprint density at radius 1 is 0.571 bits per heavy atom. The molecule has 3 aliphatic rings. The largest absolute Gasteiger partial charge is 0.480 e. The van der Waals surface area contributed by atoms with Crippen LogP contribution in [0.2, 0.25) is 0 Å². The summed E-state index contributed by atoms with van der Waals surface area (Å²) in [7, 11) is 0. The highest BCUT2D eigenvalue weighted by molar-refractivity contribution is 5.86. The molecule has 6 rings (SSSR count). The fraction of sp³-hybridized carbons (Fsp3) is 0.562. The van der Waals surface area contributed by atoms with Gasteiger partial charge in [-0.05, 0) is 115 Å². The van der Waals surface area contributed by atoms with Gasteiger partial charge in [0.2, 0.25) is 11.8 Å². The van der Waals surface area contributed by atoms with Gasteiger partial charge in [0.15, 0.2) is 0 Å². The summed E-state index contributed by atoms with van der Waals surface area (Å²) in [6.45, 7) is 13.8. The summed E-state index contributed by atoms with van der Waals surface area (Å²) in [6, 6.07) is 14.6. The van der Waals surface area contributed by atoms with Crippen molar-refractivity contribution in [2.75, 3.05) is 26.2 Å². The van der Waals surface area contributed by atoms with Gasteiger partial charge < -0.3 is 40.7 Å². The fourth-order valence-electron chi connectivity index (χ4n) is 6.98. The van der Waals surface area contributed by atoms with Gasteiger partial charge in [-0.15, -0.1) is 0 Å². The van der Waals surface area contributed by atoms with E-state index in [0.29, 0.717) is 12.8 Å². The molecule has 63 heavy (non-hydrogen) atoms. The Balaban J connectivity index is 0.000000240. The molecule has 4 heterocycles. The minimum Gasteiger partial charge on any atom is -0.480 e. The molecule has 346 valence electrons. The number of carbonyl (C=O) groups excluding carboxylic acids is 4. The second-order valence-electron chi connectivity index (χ2n) is 18.0. The van der Waals surface area contributed by atoms with Crippen molar-refractivity contribution >= 4 is 30.0 Å². The number of carboxylic acids is 1. The lowest BCUT2D eigenvalue weighted by Crippen LogP contribution is -2.50. The summed E-state index contributed by atoms with van der Waals surface area (Å²) in [4.78, 5) is 71.0. The smallest absolute Gasteiger partial charge is 0.408 e. The van der Waals surface area contributed by atoms with Crippen LogP contribution in [0.1, 0.15) is 116 Å². The van der Waals surface area contributed by atoms with Crippen molar-refractivity contribution in [3.8, 4) is 0 Å². The van der Waals surface area contributed by atoms with Gasteiger partial charge >= 0.3 is 18.2 Å². The zero-order valence-corrected chi connectivity index (χ0v) is 38.2. The van der Waals surface area contributed by atoms with E-state index in [4.69, 9.17) is 20.3 Å². The third kappa shape index (κ3) is 21.9. The Labute approximate surface area is 373 Å². The number of nitrogens with one attached hydrogen (secondary N) is 2. The van der Waals surface area contributed by atoms with Crippen LogP contribution in [0.3, 0.4) is 0 Å². The maximum Gasteiger partial charge on any atom is 0.408 e. The molecule has 3 atom stereocenters. The predicted molar refractivity (Wildman–Crippen MR) is 243 cm³/mol. The number of nitrogens with zero attached hydrogens (tertiary/aromatic N) is 4. The van der Waals surface area contributed by atoms with E-state index in [2.05, 4.69) is 20.6 Å². The van der Waals surface area contributed by atoms with Gasteiger partial charge in [0.1, 0.15) is 23.3 Å². The van der Waals surface area contributed by atoms with Crippen molar-refractivity contribution in [1.82, 2.24) is 30.4 Å². The predicted octanol–water partition coefficient (Wildman–Crippen LogP) is 6.87. The van der Waals surface area contributed by atoms with Crippen molar-refractivity contribution in [3.63, 3.8) is 0 Å². The quantitative estimate of drug-likeness (QED) is 0.156. The van der Waals surface area contributed by atoms with E-state index >= 15 is 0 Å². The zero-order chi connectivity index (χ0) is 46.3. The van der Waals surface area contributed by atoms with E-state index in [1.807, 2.05) is 64.4 Å². The van der Waals surface area contributed by atoms with Crippen LogP contribution in [0.25, 0.3) is 0 Å². The number of benzene rings is 1. The van der Waals surface area contributed by atoms with E-state index in [-0.39, 0.29) is 18.2 Å². The van der Waals surface area contributed by atoms with Crippen LogP contribution >= 0.6 is 0 Å². The van der Waals surface area contributed by atoms with Gasteiger partial charge in [-0.1, -0.05) is 62.4 Å². The summed E-state index contributed by atoms with van der Waals surface area (Å²) in [5.74, 6) is -1.06. The maximum atomic E-state index is 12.7. The Hall–Kier alpha value is -5.57. The lowest BCUT2D eigenvalue weighted by atomic mass is 10.1. The molecule has 0 bridgehead atoms. The number of nitrogens with two attached hydrogens (primary N) is 1. The first kappa shape index (κ1) is 51.8. The van der Waals surface area contributed by atoms with Crippen molar-refractivity contribution in [3.05, 3.63) is 96.1 Å². The summed E-state index contributed by atoms with van der Waals surface area (Å²) < 4.78 is 10.3. The van der Waals surface area contributed by atoms with Crippen LogP contribution in [-0.4, -0.2) is 110 Å². The molecular formula is C48H71N7O8. The molecule has 2 aliphatic heterocycles. The first-order valence-corrected chi connectivity index (χ1v) is 22.3. The Kier molecular flexibility index (Phi) is 22.0. The zero-order valence-electron chi connectivity index (χ0n) is 38.2. The average molecular weight is 874 g/mol. The second-order valence-corrected chi connectivity index (χ2v) is 18.0. The third-order valence-corrected chi connectivity index (χ3v) is 10.1. The topological polar surface area (TPSA) is 206 Å². The van der Waals surface area contributed by atoms with Gasteiger partial charge in [-0.2, -0.15) is 0 Å². The van der Waals surface area contributed by atoms with Crippen LogP contribution < -0.4 is 16.4 Å². The molecule has 3 aromatic rings. The van der Waals surface area contributed by atoms with Gasteiger partial charge in [0.25, 0.3) is 0 Å². The molecular weight excluding hydrogens is 803 g/mol. The number of aromatic nitrogens is 2. The molecule has 0 unspecified atom stereocenters. The Morgan fingerprint density at radius 3 is 1.35 bits per heavy atom. The minimum absolute atomic E-state index is 0.0508. The van der Waals surface area contributed by atoms with Crippen LogP contribution in [0, 0.1) is 0 Å². The highest BCUT2D eigenvalue weighted by Gasteiger charge is 2.30. The number of alkyl carbamates (subject to hydrolysis) is 2. The highest BCUT2D eigenvalue weighted by Crippen LogP contribution is 2.16. The molecule has 1 saturated carbocycles. The molecule has 15 nitrogen and oxygen atoms in total. The average Bonchev–Trinajstić information content (AvgIpc) is 4.07. The summed E-state index contributed by atoms with van der Waals surface area (Å²) in [5.41, 5.74) is 7.53. The number of hydrogen-bond donors (Lipinski definition) is 4. The molecule has 1 aliphatic carbocycles. The van der Waals surface area contributed by atoms with Crippen LogP contribution in [-0.2, 0) is 43.1 Å². The number of rotatable bonds is 11. The first-order chi connectivity index (χ1) is 29.9. The summed E-state index contributed by atoms with van der Waals surface area (Å²) in [5, 5.41) is 14.2. The van der Waals surface area contributed by atoms with Crippen molar-refractivity contribution in [2.45, 2.75) is 148 Å². The van der Waals surface area contributed by atoms with E-state index in [1.54, 1.807) is 66.3 Å². The number of likely N-dealkylation sites (tertiary alicyclic amines) is 2. The molecule has 15 heteroatoms. The number of hydrogen-bond acceptors (Lipinski definition) is 10. The van der Waals surface area contributed by atoms with Crippen LogP contribution in [0.4, 0.5) is 9.59 Å². The Morgan fingerprint density at radius 2 is 0.937 bits per heavy atom. The van der Waals surface area contributed by atoms with Gasteiger partial charge in [-0.25, -0.2) is 14.4 Å². The van der Waals surface area contributed by atoms with E-state index < -0.39 is 47.5 Å². The monoisotopic (exact) mass is 874 g/mol. The van der Waals surface area contributed by atoms with Gasteiger partial charge in [0.05, 0.1) is 6.04 Å². The van der Waals surface area contributed by atoms with Crippen molar-refractivity contribution < 1.29 is 38.6 Å². The molecule has 0 radical (unpaired) electrons. The molecule has 4 amide bonds. The maximum absolute atomic E-state index is 12.7. The Bertz CT molecular complexity index is 1800. The summed E-state index contributed by atoms with van der Waals surface area (Å²) >= 11 is 0. The molecule has 3 fully saturated rings. The SMILES string of the molecule is C1CCCC1.CC(C)(C)OC(=O)N[C@H](Cc1ccccc1)C(=O)O.CC(C)(C)OC(=O)N[C@H](Cc1ccncc1)C(=O)N1CCCC1.N[C@H](Cc1ccncc1)C(=O)N1CCCC1. The number of aliphatic carboxylic acids is 1. The van der Waals surface area contributed by atoms with Crippen molar-refractivity contribution in [2.24, 2.45) is 5.73 Å². The van der Waals surface area contributed by atoms with Crippen LogP contribution in [0.15, 0.2) is 79.4 Å². The second kappa shape index (κ2) is 26.8. The minimum atomic E-state index is -1.09. The normalized spacial score (nSPS) is 16.0. The highest BCUT2D eigenvalue weighted by atomic mass is 16.6. The first-order valence-electron chi connectivity index (χ1n) is 22.3.